The molecule has 6 heteroatoms. The summed E-state index contributed by atoms with van der Waals surface area (Å²) in [5, 5.41) is 4.49. The predicted molar refractivity (Wildman–Crippen MR) is 98.0 cm³/mol. The maximum Gasteiger partial charge on any atom is 0.185 e. The fourth-order valence-electron chi connectivity index (χ4n) is 2.14. The second kappa shape index (κ2) is 7.75. The Balaban J connectivity index is 1.78. The van der Waals surface area contributed by atoms with Gasteiger partial charge < -0.3 is 4.74 Å². The van der Waals surface area contributed by atoms with Crippen molar-refractivity contribution in [2.24, 2.45) is 5.10 Å². The largest absolute Gasteiger partial charge is 0.493 e. The molecule has 1 N–H and O–H groups in total. The molecule has 3 aromatic rings. The van der Waals surface area contributed by atoms with Crippen LogP contribution in [0.3, 0.4) is 0 Å². The lowest BCUT2D eigenvalue weighted by Gasteiger charge is -2.07. The van der Waals surface area contributed by atoms with Gasteiger partial charge in [-0.15, -0.1) is 0 Å². The van der Waals surface area contributed by atoms with Crippen LogP contribution in [0, 0.1) is 0 Å². The molecule has 0 saturated carbocycles. The highest BCUT2D eigenvalue weighted by Gasteiger charge is 2.05. The van der Waals surface area contributed by atoms with Gasteiger partial charge >= 0.3 is 0 Å². The number of hydrazone groups is 1. The summed E-state index contributed by atoms with van der Waals surface area (Å²) in [6.45, 7) is 2.74. The zero-order chi connectivity index (χ0) is 16.8. The van der Waals surface area contributed by atoms with Crippen molar-refractivity contribution in [1.82, 2.24) is 9.97 Å². The van der Waals surface area contributed by atoms with Gasteiger partial charge in [-0.25, -0.2) is 9.97 Å². The first kappa shape index (κ1) is 16.2. The molecule has 0 unspecified atom stereocenters. The number of fused-ring (bicyclic) bond motifs is 1. The molecule has 2 aromatic carbocycles. The molecule has 0 atom stereocenters. The molecule has 0 aliphatic rings. The third-order valence-electron chi connectivity index (χ3n) is 3.28. The van der Waals surface area contributed by atoms with Crippen molar-refractivity contribution in [2.75, 3.05) is 12.0 Å². The molecule has 24 heavy (non-hydrogen) atoms. The molecule has 122 valence electrons. The van der Waals surface area contributed by atoms with Crippen LogP contribution in [0.15, 0.2) is 53.6 Å². The van der Waals surface area contributed by atoms with Crippen LogP contribution in [-0.4, -0.2) is 22.8 Å². The summed E-state index contributed by atoms with van der Waals surface area (Å²) in [4.78, 5) is 8.73. The second-order valence-electron chi connectivity index (χ2n) is 5.11. The number of rotatable bonds is 6. The highest BCUT2D eigenvalue weighted by atomic mass is 35.5. The smallest absolute Gasteiger partial charge is 0.185 e. The van der Waals surface area contributed by atoms with Gasteiger partial charge in [0.2, 0.25) is 0 Å². The molecule has 0 spiro atoms. The Hall–Kier alpha value is -2.66. The van der Waals surface area contributed by atoms with Crippen molar-refractivity contribution >= 4 is 34.7 Å². The van der Waals surface area contributed by atoms with Crippen molar-refractivity contribution in [3.63, 3.8) is 0 Å². The van der Waals surface area contributed by atoms with Crippen LogP contribution in [0.25, 0.3) is 11.0 Å². The average molecular weight is 341 g/mol. The standard InChI is InChI=1S/C18H17ClN4O/c1-2-11-24-16-10-6-3-7-13(16)12-20-23-18-17(19)21-14-8-4-5-9-15(14)22-18/h3-10,12H,2,11H2,1H3,(H,22,23)/b20-12+. The predicted octanol–water partition coefficient (Wildman–Crippen LogP) is 4.52. The van der Waals surface area contributed by atoms with E-state index in [1.807, 2.05) is 48.5 Å². The minimum absolute atomic E-state index is 0.279. The quantitative estimate of drug-likeness (QED) is 0.529. The molecule has 0 aliphatic heterocycles. The van der Waals surface area contributed by atoms with Gasteiger partial charge in [-0.1, -0.05) is 42.8 Å². The van der Waals surface area contributed by atoms with E-state index in [-0.39, 0.29) is 5.15 Å². The summed E-state index contributed by atoms with van der Waals surface area (Å²) >= 11 is 6.15. The van der Waals surface area contributed by atoms with Crippen LogP contribution < -0.4 is 10.2 Å². The van der Waals surface area contributed by atoms with Crippen molar-refractivity contribution in [1.29, 1.82) is 0 Å². The Morgan fingerprint density at radius 1 is 1.08 bits per heavy atom. The monoisotopic (exact) mass is 340 g/mol. The van der Waals surface area contributed by atoms with Crippen LogP contribution in [0.2, 0.25) is 5.15 Å². The van der Waals surface area contributed by atoms with Gasteiger partial charge in [0.05, 0.1) is 23.9 Å². The molecular weight excluding hydrogens is 324 g/mol. The van der Waals surface area contributed by atoms with E-state index in [4.69, 9.17) is 16.3 Å². The molecule has 0 amide bonds. The molecular formula is C18H17ClN4O. The SMILES string of the molecule is CCCOc1ccccc1/C=N/Nc1nc2ccccc2nc1Cl. The van der Waals surface area contributed by atoms with E-state index in [9.17, 15) is 0 Å². The highest BCUT2D eigenvalue weighted by molar-refractivity contribution is 6.32. The van der Waals surface area contributed by atoms with Gasteiger partial charge in [-0.05, 0) is 30.7 Å². The van der Waals surface area contributed by atoms with E-state index in [0.29, 0.717) is 12.4 Å². The van der Waals surface area contributed by atoms with E-state index < -0.39 is 0 Å². The molecule has 0 radical (unpaired) electrons. The third-order valence-corrected chi connectivity index (χ3v) is 3.55. The van der Waals surface area contributed by atoms with Gasteiger partial charge in [0.15, 0.2) is 11.0 Å². The number of aromatic nitrogens is 2. The molecule has 0 aliphatic carbocycles. The van der Waals surface area contributed by atoms with Gasteiger partial charge in [0.25, 0.3) is 0 Å². The number of hydrogen-bond donors (Lipinski definition) is 1. The number of nitrogens with zero attached hydrogens (tertiary/aromatic N) is 3. The summed E-state index contributed by atoms with van der Waals surface area (Å²) in [6.07, 6.45) is 2.63. The van der Waals surface area contributed by atoms with E-state index in [2.05, 4.69) is 27.4 Å². The van der Waals surface area contributed by atoms with Crippen molar-refractivity contribution in [3.05, 3.63) is 59.2 Å². The maximum absolute atomic E-state index is 6.15. The molecule has 1 aromatic heterocycles. The number of benzene rings is 2. The Morgan fingerprint density at radius 2 is 1.79 bits per heavy atom. The van der Waals surface area contributed by atoms with E-state index in [1.165, 1.54) is 0 Å². The summed E-state index contributed by atoms with van der Waals surface area (Å²) in [5.74, 6) is 1.21. The number of nitrogens with one attached hydrogen (secondary N) is 1. The summed E-state index contributed by atoms with van der Waals surface area (Å²) < 4.78 is 5.70. The number of hydrogen-bond acceptors (Lipinski definition) is 5. The van der Waals surface area contributed by atoms with Crippen LogP contribution in [0.4, 0.5) is 5.82 Å². The van der Waals surface area contributed by atoms with Gasteiger partial charge in [-0.3, -0.25) is 5.43 Å². The molecule has 5 nitrogen and oxygen atoms in total. The third kappa shape index (κ3) is 3.81. The van der Waals surface area contributed by atoms with Crippen molar-refractivity contribution < 1.29 is 4.74 Å². The minimum atomic E-state index is 0.279. The first-order chi connectivity index (χ1) is 11.8. The Bertz CT molecular complexity index is 867. The molecule has 0 bridgehead atoms. The topological polar surface area (TPSA) is 59.4 Å². The molecule has 3 rings (SSSR count). The molecule has 0 saturated heterocycles. The number of anilines is 1. The average Bonchev–Trinajstić information content (AvgIpc) is 2.61. The first-order valence-electron chi connectivity index (χ1n) is 7.71. The van der Waals surface area contributed by atoms with Gasteiger partial charge in [0, 0.05) is 5.56 Å². The fraction of sp³-hybridized carbons (Fsp3) is 0.167. The van der Waals surface area contributed by atoms with Gasteiger partial charge in [0.1, 0.15) is 5.75 Å². The second-order valence-corrected chi connectivity index (χ2v) is 5.47. The first-order valence-corrected chi connectivity index (χ1v) is 8.09. The molecule has 1 heterocycles. The van der Waals surface area contributed by atoms with Crippen molar-refractivity contribution in [2.45, 2.75) is 13.3 Å². The fourth-order valence-corrected chi connectivity index (χ4v) is 2.32. The summed E-state index contributed by atoms with van der Waals surface area (Å²) in [7, 11) is 0. The Morgan fingerprint density at radius 3 is 2.58 bits per heavy atom. The maximum atomic E-state index is 6.15. The Kier molecular flexibility index (Phi) is 5.23. The normalized spacial score (nSPS) is 11.1. The highest BCUT2D eigenvalue weighted by Crippen LogP contribution is 2.21. The zero-order valence-corrected chi connectivity index (χ0v) is 14.0. The number of para-hydroxylation sites is 3. The van der Waals surface area contributed by atoms with Crippen LogP contribution in [-0.2, 0) is 0 Å². The summed E-state index contributed by atoms with van der Waals surface area (Å²) in [5.41, 5.74) is 5.22. The Labute approximate surface area is 145 Å². The molecule has 0 fully saturated rings. The number of ether oxygens (including phenoxy) is 1. The van der Waals surface area contributed by atoms with E-state index >= 15 is 0 Å². The zero-order valence-electron chi connectivity index (χ0n) is 13.2. The lowest BCUT2D eigenvalue weighted by Crippen LogP contribution is -2.00. The van der Waals surface area contributed by atoms with E-state index in [1.54, 1.807) is 6.21 Å². The van der Waals surface area contributed by atoms with Crippen LogP contribution in [0.5, 0.6) is 5.75 Å². The minimum Gasteiger partial charge on any atom is -0.493 e. The number of halogens is 1. The lowest BCUT2D eigenvalue weighted by molar-refractivity contribution is 0.317. The van der Waals surface area contributed by atoms with Crippen LogP contribution >= 0.6 is 11.6 Å². The van der Waals surface area contributed by atoms with Gasteiger partial charge in [-0.2, -0.15) is 5.10 Å². The van der Waals surface area contributed by atoms with Crippen LogP contribution in [0.1, 0.15) is 18.9 Å². The van der Waals surface area contributed by atoms with E-state index in [0.717, 1.165) is 28.8 Å². The van der Waals surface area contributed by atoms with Crippen molar-refractivity contribution in [3.8, 4) is 5.75 Å². The lowest BCUT2D eigenvalue weighted by atomic mass is 10.2. The summed E-state index contributed by atoms with van der Waals surface area (Å²) in [6, 6.07) is 15.3.